The molecule has 1 aliphatic heterocycles. The molecule has 32 nitrogen and oxygen atoms in total. The third-order valence-corrected chi connectivity index (χ3v) is 13.1. The predicted octanol–water partition coefficient (Wildman–Crippen LogP) is -0.172. The summed E-state index contributed by atoms with van der Waals surface area (Å²) in [4.78, 5) is 126. The lowest BCUT2D eigenvalue weighted by molar-refractivity contribution is -0.147. The molecule has 2 aromatic heterocycles. The summed E-state index contributed by atoms with van der Waals surface area (Å²) in [6, 6.07) is 0. The molecule has 0 aromatic carbocycles. The summed E-state index contributed by atoms with van der Waals surface area (Å²) in [5.74, 6) is -6.94. The van der Waals surface area contributed by atoms with E-state index in [1.807, 2.05) is 6.92 Å². The van der Waals surface area contributed by atoms with Crippen LogP contribution in [0.4, 0.5) is 5.82 Å². The quantitative estimate of drug-likeness (QED) is 0.0408. The second-order valence-electron chi connectivity index (χ2n) is 15.7. The van der Waals surface area contributed by atoms with Gasteiger partial charge in [-0.2, -0.15) is 4.31 Å². The smallest absolute Gasteiger partial charge is 0.481 e. The number of aliphatic carboxylic acids is 4. The number of phosphoric ester groups is 3. The first-order chi connectivity index (χ1) is 32.6. The summed E-state index contributed by atoms with van der Waals surface area (Å²) in [7, 11) is -16.4. The van der Waals surface area contributed by atoms with E-state index in [9.17, 15) is 77.0 Å². The molecule has 4 unspecified atom stereocenters. The summed E-state index contributed by atoms with van der Waals surface area (Å²) < 4.78 is 61.9. The molecule has 0 spiro atoms. The van der Waals surface area contributed by atoms with Crippen LogP contribution in [0.1, 0.15) is 73.0 Å². The number of hydrogen-bond acceptors (Lipinski definition) is 22. The molecule has 2 aromatic rings. The molecule has 404 valence electrons. The normalized spacial score (nSPS) is 19.8. The minimum Gasteiger partial charge on any atom is -0.481 e. The van der Waals surface area contributed by atoms with Crippen molar-refractivity contribution < 1.29 is 120 Å². The average Bonchev–Trinajstić information content (AvgIpc) is 3.80. The van der Waals surface area contributed by atoms with Crippen LogP contribution in [0.25, 0.3) is 11.2 Å². The van der Waals surface area contributed by atoms with Gasteiger partial charge in [0.2, 0.25) is 11.8 Å². The van der Waals surface area contributed by atoms with Gasteiger partial charge in [-0.05, 0) is 6.42 Å². The van der Waals surface area contributed by atoms with Gasteiger partial charge in [0.25, 0.3) is 0 Å². The van der Waals surface area contributed by atoms with Crippen molar-refractivity contribution in [2.75, 3.05) is 37.8 Å². The van der Waals surface area contributed by atoms with E-state index in [1.165, 1.54) is 27.7 Å². The molecule has 3 heterocycles. The number of imidazole rings is 1. The number of amides is 2. The first-order valence-electron chi connectivity index (χ1n) is 20.6. The fraction of sp³-hybridized carbons (Fsp3) is 0.657. The van der Waals surface area contributed by atoms with Crippen molar-refractivity contribution >= 4 is 93.0 Å². The van der Waals surface area contributed by atoms with Crippen LogP contribution in [-0.4, -0.2) is 167 Å². The van der Waals surface area contributed by atoms with Crippen molar-refractivity contribution in [1.29, 1.82) is 0 Å². The molecule has 71 heavy (non-hydrogen) atoms. The van der Waals surface area contributed by atoms with E-state index in [1.54, 1.807) is 0 Å². The number of carbonyl (C=O) groups excluding carboxylic acids is 3. The summed E-state index contributed by atoms with van der Waals surface area (Å²) in [5.41, 5.74) is 4.27. The molecular formula is C35H58N7O25P3S. The standard InChI is InChI=1S/C25H42N7O17P3S.2C5H8O4/c1-4-5-16(34)53-9-8-27-15(33)6-7-28-23(37)20(36)25(2,3)11-46-52(43,44)49-51(41,42)45-10-14-19(48-50(38,39)40)18(35)24(47-14)32-13-31-17-21(26)29-12-30-22(17)32;2*1-3(5(8)9)2-4(6)7/h12-14,18-20,24,35-36H,4-11H2,1-3H3,(H,27,33)(H,28,37)(H,41,42)(H,43,44)(H2,26,29,30)(H2,38,39,40);2*3H,2H2,1H3,(H,6,7)(H,8,9)/t14-,18-,19-,20+,24-;;/m1../s1. The van der Waals surface area contributed by atoms with Crippen LogP contribution in [0.5, 0.6) is 0 Å². The molecule has 14 N–H and O–H groups in total. The second kappa shape index (κ2) is 29.2. The first-order valence-corrected chi connectivity index (χ1v) is 26.1. The van der Waals surface area contributed by atoms with Gasteiger partial charge in [0, 0.05) is 37.1 Å². The van der Waals surface area contributed by atoms with E-state index in [-0.39, 0.29) is 54.4 Å². The molecule has 0 radical (unpaired) electrons. The summed E-state index contributed by atoms with van der Waals surface area (Å²) in [6.45, 7) is 5.13. The zero-order valence-electron chi connectivity index (χ0n) is 38.5. The topological polar surface area (TPSA) is 513 Å². The Hall–Kier alpha value is -4.56. The number of carboxylic acid groups (broad SMARTS) is 4. The van der Waals surface area contributed by atoms with Crippen LogP contribution in [0, 0.1) is 17.3 Å². The van der Waals surface area contributed by atoms with Gasteiger partial charge in [0.05, 0.1) is 44.2 Å². The highest BCUT2D eigenvalue weighted by Gasteiger charge is 2.50. The van der Waals surface area contributed by atoms with Gasteiger partial charge >= 0.3 is 47.3 Å². The highest BCUT2D eigenvalue weighted by Crippen LogP contribution is 2.61. The number of nitrogens with two attached hydrogens (primary N) is 1. The minimum atomic E-state index is -5.56. The van der Waals surface area contributed by atoms with Gasteiger partial charge in [-0.15, -0.1) is 0 Å². The Morgan fingerprint density at radius 3 is 1.94 bits per heavy atom. The van der Waals surface area contributed by atoms with Gasteiger partial charge in [0.1, 0.15) is 36.3 Å². The minimum absolute atomic E-state index is 0.0127. The lowest BCUT2D eigenvalue weighted by atomic mass is 9.87. The van der Waals surface area contributed by atoms with Gasteiger partial charge in [-0.25, -0.2) is 28.6 Å². The summed E-state index contributed by atoms with van der Waals surface area (Å²) in [5, 5.41) is 58.8. The van der Waals surface area contributed by atoms with Crippen LogP contribution < -0.4 is 16.4 Å². The van der Waals surface area contributed by atoms with E-state index in [2.05, 4.69) is 34.4 Å². The number of aliphatic hydroxyl groups excluding tert-OH is 2. The number of hydrogen-bond donors (Lipinski definition) is 13. The number of rotatable bonds is 27. The third-order valence-electron chi connectivity index (χ3n) is 9.02. The monoisotopic (exact) mass is 1100 g/mol. The molecule has 0 bridgehead atoms. The molecule has 0 aliphatic carbocycles. The molecule has 1 saturated heterocycles. The number of fused-ring (bicyclic) bond motifs is 1. The molecule has 1 fully saturated rings. The number of nitrogen functional groups attached to an aromatic ring is 1. The highest BCUT2D eigenvalue weighted by molar-refractivity contribution is 8.13. The maximum atomic E-state index is 12.6. The van der Waals surface area contributed by atoms with Crippen molar-refractivity contribution in [1.82, 2.24) is 30.2 Å². The molecule has 0 saturated carbocycles. The number of nitrogens with zero attached hydrogens (tertiary/aromatic N) is 4. The number of aromatic nitrogens is 4. The van der Waals surface area contributed by atoms with Crippen LogP contribution in [0.3, 0.4) is 0 Å². The Kier molecular flexibility index (Phi) is 26.5. The Bertz CT molecular complexity index is 2270. The van der Waals surface area contributed by atoms with Crippen molar-refractivity contribution in [3.63, 3.8) is 0 Å². The number of nitrogens with one attached hydrogen (secondary N) is 2. The van der Waals surface area contributed by atoms with Crippen LogP contribution in [-0.2, 0) is 69.9 Å². The van der Waals surface area contributed by atoms with Gasteiger partial charge in [0.15, 0.2) is 22.8 Å². The number of phosphoric acid groups is 3. The Morgan fingerprint density at radius 2 is 1.44 bits per heavy atom. The number of thioether (sulfide) groups is 1. The third kappa shape index (κ3) is 24.1. The lowest BCUT2D eigenvalue weighted by Gasteiger charge is -2.30. The number of anilines is 1. The Balaban J connectivity index is 0.00000118. The highest BCUT2D eigenvalue weighted by atomic mass is 32.2. The van der Waals surface area contributed by atoms with Crippen molar-refractivity contribution in [2.24, 2.45) is 17.3 Å². The summed E-state index contributed by atoms with van der Waals surface area (Å²) >= 11 is 1.09. The van der Waals surface area contributed by atoms with E-state index in [0.29, 0.717) is 12.2 Å². The molecular weight excluding hydrogens is 1040 g/mol. The fourth-order valence-corrected chi connectivity index (χ4v) is 8.88. The molecule has 2 amide bonds. The SMILES string of the molecule is CC(CC(=O)O)C(=O)O.CC(CC(=O)O)C(=O)O.CCCC(=O)SCCNC(=O)CCNC(=O)[C@H](O)C(C)(C)COP(=O)(O)OP(=O)(O)OC[C@H]1O[C@@H](n2cnc3c(N)ncnc32)[C@H](O)[C@@H]1OP(=O)(O)O. The van der Waals surface area contributed by atoms with Crippen molar-refractivity contribution in [3.05, 3.63) is 12.7 Å². The number of carboxylic acids is 4. The molecule has 9 atom stereocenters. The van der Waals surface area contributed by atoms with Crippen LogP contribution >= 0.6 is 35.2 Å². The van der Waals surface area contributed by atoms with Crippen molar-refractivity contribution in [3.8, 4) is 0 Å². The van der Waals surface area contributed by atoms with E-state index in [4.69, 9.17) is 39.9 Å². The zero-order valence-corrected chi connectivity index (χ0v) is 42.0. The van der Waals surface area contributed by atoms with Crippen molar-refractivity contribution in [2.45, 2.75) is 97.4 Å². The number of carbonyl (C=O) groups is 7. The van der Waals surface area contributed by atoms with Crippen LogP contribution in [0.15, 0.2) is 12.7 Å². The maximum Gasteiger partial charge on any atom is 0.481 e. The van der Waals surface area contributed by atoms with E-state index in [0.717, 1.165) is 35.4 Å². The molecule has 36 heteroatoms. The van der Waals surface area contributed by atoms with Gasteiger partial charge in [-0.3, -0.25) is 51.7 Å². The Labute approximate surface area is 407 Å². The largest absolute Gasteiger partial charge is 0.481 e. The number of ether oxygens (including phenoxy) is 1. The van der Waals surface area contributed by atoms with Gasteiger partial charge in [-0.1, -0.05) is 46.4 Å². The van der Waals surface area contributed by atoms with E-state index >= 15 is 0 Å². The lowest BCUT2D eigenvalue weighted by Crippen LogP contribution is -2.46. The van der Waals surface area contributed by atoms with E-state index < -0.39 is 120 Å². The zero-order chi connectivity index (χ0) is 54.7. The molecule has 1 aliphatic rings. The van der Waals surface area contributed by atoms with Gasteiger partial charge < -0.3 is 71.3 Å². The fourth-order valence-electron chi connectivity index (χ4n) is 5.27. The Morgan fingerprint density at radius 1 is 0.873 bits per heavy atom. The second-order valence-corrected chi connectivity index (χ2v) is 21.1. The average molecular weight is 1100 g/mol. The number of aliphatic hydroxyl groups is 2. The van der Waals surface area contributed by atoms with Crippen LogP contribution in [0.2, 0.25) is 0 Å². The predicted molar refractivity (Wildman–Crippen MR) is 240 cm³/mol. The maximum absolute atomic E-state index is 12.6. The molecule has 3 rings (SSSR count). The summed E-state index contributed by atoms with van der Waals surface area (Å²) in [6.07, 6.45) is -6.35. The first kappa shape index (κ1) is 64.5.